The van der Waals surface area contributed by atoms with E-state index >= 15 is 0 Å². The van der Waals surface area contributed by atoms with Crippen LogP contribution in [-0.4, -0.2) is 21.0 Å². The van der Waals surface area contributed by atoms with E-state index in [-0.39, 0.29) is 11.9 Å². The molecule has 2 heterocycles. The van der Waals surface area contributed by atoms with Gasteiger partial charge in [-0.3, -0.25) is 9.78 Å². The number of hydrogen-bond acceptors (Lipinski definition) is 5. The first-order valence-electron chi connectivity index (χ1n) is 5.28. The molecule has 2 rings (SSSR count). The van der Waals surface area contributed by atoms with Crippen molar-refractivity contribution >= 4 is 17.5 Å². The molecule has 0 aliphatic rings. The quantitative estimate of drug-likeness (QED) is 0.918. The molecule has 1 amide bonds. The second kappa shape index (κ2) is 5.14. The number of nitrogens with zero attached hydrogens (tertiary/aromatic N) is 3. The highest BCUT2D eigenvalue weighted by Crippen LogP contribution is 2.15. The minimum absolute atomic E-state index is 0.295. The van der Waals surface area contributed by atoms with Crippen molar-refractivity contribution in [1.29, 1.82) is 0 Å². The molecule has 7 heteroatoms. The Hall–Kier alpha value is -1.95. The van der Waals surface area contributed by atoms with Crippen molar-refractivity contribution in [2.45, 2.75) is 19.9 Å². The Labute approximate surface area is 108 Å². The first kappa shape index (κ1) is 12.5. The van der Waals surface area contributed by atoms with E-state index in [0.717, 1.165) is 0 Å². The maximum atomic E-state index is 11.9. The molecule has 0 bridgehead atoms. The highest BCUT2D eigenvalue weighted by molar-refractivity contribution is 6.33. The molecule has 0 radical (unpaired) electrons. The number of pyridine rings is 1. The molecule has 0 aromatic carbocycles. The van der Waals surface area contributed by atoms with Crippen LogP contribution in [0.3, 0.4) is 0 Å². The fourth-order valence-electron chi connectivity index (χ4n) is 1.38. The first-order valence-corrected chi connectivity index (χ1v) is 5.66. The summed E-state index contributed by atoms with van der Waals surface area (Å²) < 4.78 is 4.97. The summed E-state index contributed by atoms with van der Waals surface area (Å²) >= 11 is 5.88. The maximum Gasteiger partial charge on any atom is 0.253 e. The van der Waals surface area contributed by atoms with Crippen molar-refractivity contribution in [1.82, 2.24) is 20.4 Å². The van der Waals surface area contributed by atoms with Gasteiger partial charge in [0.15, 0.2) is 5.82 Å². The molecule has 1 atom stereocenters. The number of halogens is 1. The van der Waals surface area contributed by atoms with Gasteiger partial charge < -0.3 is 9.84 Å². The van der Waals surface area contributed by atoms with Crippen LogP contribution in [-0.2, 0) is 0 Å². The van der Waals surface area contributed by atoms with Crippen LogP contribution in [0.1, 0.15) is 35.0 Å². The van der Waals surface area contributed by atoms with Gasteiger partial charge in [0.1, 0.15) is 6.04 Å². The predicted octanol–water partition coefficient (Wildman–Crippen LogP) is 1.92. The van der Waals surface area contributed by atoms with E-state index < -0.39 is 0 Å². The molecule has 1 unspecified atom stereocenters. The SMILES string of the molecule is Cc1noc(C(C)NC(=O)c2ccncc2Cl)n1. The van der Waals surface area contributed by atoms with Crippen LogP contribution in [0.5, 0.6) is 0 Å². The van der Waals surface area contributed by atoms with E-state index in [1.165, 1.54) is 12.4 Å². The third kappa shape index (κ3) is 2.65. The molecule has 0 aliphatic carbocycles. The lowest BCUT2D eigenvalue weighted by Gasteiger charge is -2.10. The van der Waals surface area contributed by atoms with Gasteiger partial charge in [0.05, 0.1) is 10.6 Å². The van der Waals surface area contributed by atoms with E-state index in [1.807, 2.05) is 0 Å². The third-order valence-electron chi connectivity index (χ3n) is 2.28. The number of hydrogen-bond donors (Lipinski definition) is 1. The third-order valence-corrected chi connectivity index (χ3v) is 2.58. The Kier molecular flexibility index (Phi) is 3.57. The monoisotopic (exact) mass is 266 g/mol. The second-order valence-corrected chi connectivity index (χ2v) is 4.14. The molecule has 2 aromatic rings. The van der Waals surface area contributed by atoms with E-state index in [4.69, 9.17) is 16.1 Å². The molecule has 94 valence electrons. The molecule has 0 saturated carbocycles. The molecule has 0 fully saturated rings. The van der Waals surface area contributed by atoms with Gasteiger partial charge in [0, 0.05) is 12.4 Å². The van der Waals surface area contributed by atoms with E-state index in [0.29, 0.717) is 22.3 Å². The molecule has 1 N–H and O–H groups in total. The van der Waals surface area contributed by atoms with Gasteiger partial charge in [0.25, 0.3) is 5.91 Å². The Balaban J connectivity index is 2.10. The summed E-state index contributed by atoms with van der Waals surface area (Å²) in [5, 5.41) is 6.68. The van der Waals surface area contributed by atoms with Crippen LogP contribution in [0, 0.1) is 6.92 Å². The zero-order chi connectivity index (χ0) is 13.1. The summed E-state index contributed by atoms with van der Waals surface area (Å²) in [7, 11) is 0. The summed E-state index contributed by atoms with van der Waals surface area (Å²) in [6.45, 7) is 3.46. The number of amides is 1. The molecule has 0 spiro atoms. The summed E-state index contributed by atoms with van der Waals surface area (Å²) in [5.41, 5.74) is 0.356. The lowest BCUT2D eigenvalue weighted by molar-refractivity contribution is 0.0932. The van der Waals surface area contributed by atoms with Crippen LogP contribution in [0.25, 0.3) is 0 Å². The fraction of sp³-hybridized carbons (Fsp3) is 0.273. The van der Waals surface area contributed by atoms with Gasteiger partial charge in [-0.15, -0.1) is 0 Å². The molecular formula is C11H11ClN4O2. The van der Waals surface area contributed by atoms with Crippen LogP contribution >= 0.6 is 11.6 Å². The molecule has 18 heavy (non-hydrogen) atoms. The zero-order valence-electron chi connectivity index (χ0n) is 9.85. The van der Waals surface area contributed by atoms with Gasteiger partial charge in [-0.25, -0.2) is 0 Å². The van der Waals surface area contributed by atoms with Crippen LogP contribution in [0.15, 0.2) is 23.0 Å². The topological polar surface area (TPSA) is 80.9 Å². The van der Waals surface area contributed by atoms with E-state index in [9.17, 15) is 4.79 Å². The van der Waals surface area contributed by atoms with E-state index in [2.05, 4.69) is 20.4 Å². The summed E-state index contributed by atoms with van der Waals surface area (Å²) in [6.07, 6.45) is 2.92. The minimum atomic E-state index is -0.386. The van der Waals surface area contributed by atoms with Gasteiger partial charge in [-0.05, 0) is 19.9 Å². The minimum Gasteiger partial charge on any atom is -0.340 e. The average molecular weight is 267 g/mol. The Morgan fingerprint density at radius 3 is 2.94 bits per heavy atom. The Morgan fingerprint density at radius 1 is 1.56 bits per heavy atom. The number of nitrogens with one attached hydrogen (secondary N) is 1. The number of rotatable bonds is 3. The molecule has 6 nitrogen and oxygen atoms in total. The molecular weight excluding hydrogens is 256 g/mol. The summed E-state index contributed by atoms with van der Waals surface area (Å²) in [4.78, 5) is 19.8. The lowest BCUT2D eigenvalue weighted by Crippen LogP contribution is -2.27. The van der Waals surface area contributed by atoms with Crippen molar-refractivity contribution in [2.24, 2.45) is 0 Å². The van der Waals surface area contributed by atoms with Crippen molar-refractivity contribution in [3.05, 3.63) is 40.8 Å². The molecule has 0 saturated heterocycles. The van der Waals surface area contributed by atoms with Gasteiger partial charge in [-0.2, -0.15) is 4.98 Å². The Bertz CT molecular complexity index is 570. The van der Waals surface area contributed by atoms with Gasteiger partial charge >= 0.3 is 0 Å². The number of aryl methyl sites for hydroxylation is 1. The maximum absolute atomic E-state index is 11.9. The molecule has 0 aliphatic heterocycles. The smallest absolute Gasteiger partial charge is 0.253 e. The van der Waals surface area contributed by atoms with Crippen LogP contribution < -0.4 is 5.32 Å². The van der Waals surface area contributed by atoms with Crippen molar-refractivity contribution in [3.63, 3.8) is 0 Å². The van der Waals surface area contributed by atoms with Crippen molar-refractivity contribution in [3.8, 4) is 0 Å². The fourth-order valence-corrected chi connectivity index (χ4v) is 1.59. The van der Waals surface area contributed by atoms with Crippen molar-refractivity contribution in [2.75, 3.05) is 0 Å². The van der Waals surface area contributed by atoms with Gasteiger partial charge in [-0.1, -0.05) is 16.8 Å². The van der Waals surface area contributed by atoms with Gasteiger partial charge in [0.2, 0.25) is 5.89 Å². The average Bonchev–Trinajstić information content (AvgIpc) is 2.76. The standard InChI is InChI=1S/C11H11ClN4O2/c1-6(11-15-7(2)16-18-11)14-10(17)8-3-4-13-5-9(8)12/h3-6H,1-2H3,(H,14,17). The Morgan fingerprint density at radius 2 is 2.33 bits per heavy atom. The number of carbonyl (C=O) groups is 1. The largest absolute Gasteiger partial charge is 0.340 e. The van der Waals surface area contributed by atoms with Crippen LogP contribution in [0.2, 0.25) is 5.02 Å². The highest BCUT2D eigenvalue weighted by Gasteiger charge is 2.17. The number of aromatic nitrogens is 3. The zero-order valence-corrected chi connectivity index (χ0v) is 10.6. The summed E-state index contributed by atoms with van der Waals surface area (Å²) in [5.74, 6) is 0.560. The highest BCUT2D eigenvalue weighted by atomic mass is 35.5. The van der Waals surface area contributed by atoms with Crippen LogP contribution in [0.4, 0.5) is 0 Å². The normalized spacial score (nSPS) is 12.2. The first-order chi connectivity index (χ1) is 8.58. The summed E-state index contributed by atoms with van der Waals surface area (Å²) in [6, 6.07) is 1.16. The molecule has 2 aromatic heterocycles. The second-order valence-electron chi connectivity index (χ2n) is 3.73. The predicted molar refractivity (Wildman–Crippen MR) is 64.2 cm³/mol. The lowest BCUT2D eigenvalue weighted by atomic mass is 10.2. The van der Waals surface area contributed by atoms with Crippen molar-refractivity contribution < 1.29 is 9.32 Å². The van der Waals surface area contributed by atoms with E-state index in [1.54, 1.807) is 19.9 Å². The number of carbonyl (C=O) groups excluding carboxylic acids is 1.